The van der Waals surface area contributed by atoms with E-state index in [2.05, 4.69) is 15.6 Å². The molecule has 1 unspecified atom stereocenters. The summed E-state index contributed by atoms with van der Waals surface area (Å²) < 4.78 is 7.46. The Morgan fingerprint density at radius 2 is 1.97 bits per heavy atom. The molecule has 0 fully saturated rings. The molecule has 3 heterocycles. The fourth-order valence-corrected chi connectivity index (χ4v) is 5.15. The lowest BCUT2D eigenvalue weighted by Crippen LogP contribution is -2.31. The Kier molecular flexibility index (Phi) is 6.40. The maximum absolute atomic E-state index is 13.6. The molecule has 0 bridgehead atoms. The molecule has 4 aromatic rings. The molecule has 178 valence electrons. The Balaban J connectivity index is 1.47. The van der Waals surface area contributed by atoms with Crippen molar-refractivity contribution in [2.75, 3.05) is 10.6 Å². The van der Waals surface area contributed by atoms with Gasteiger partial charge in [0.25, 0.3) is 5.91 Å². The SMILES string of the molecule is CC1=C(C(=O)Nc2cccc(C)c2C)C(c2ccco2)n2nc(SCc3ccccc3Cl)nc2N1. The Labute approximate surface area is 212 Å². The Bertz CT molecular complexity index is 1430. The molecule has 5 rings (SSSR count). The highest BCUT2D eigenvalue weighted by atomic mass is 35.5. The third kappa shape index (κ3) is 4.59. The smallest absolute Gasteiger partial charge is 0.256 e. The highest BCUT2D eigenvalue weighted by molar-refractivity contribution is 7.98. The number of nitrogens with zero attached hydrogens (tertiary/aromatic N) is 3. The van der Waals surface area contributed by atoms with Crippen molar-refractivity contribution in [1.29, 1.82) is 0 Å². The van der Waals surface area contributed by atoms with Crippen molar-refractivity contribution in [3.63, 3.8) is 0 Å². The average Bonchev–Trinajstić information content (AvgIpc) is 3.50. The van der Waals surface area contributed by atoms with Gasteiger partial charge in [-0.15, -0.1) is 5.10 Å². The Hall–Kier alpha value is -3.49. The number of aryl methyl sites for hydroxylation is 1. The zero-order valence-electron chi connectivity index (χ0n) is 19.5. The van der Waals surface area contributed by atoms with Crippen LogP contribution in [0.5, 0.6) is 0 Å². The summed E-state index contributed by atoms with van der Waals surface area (Å²) in [6.07, 6.45) is 1.59. The molecule has 0 saturated heterocycles. The predicted octanol–water partition coefficient (Wildman–Crippen LogP) is 6.36. The topological polar surface area (TPSA) is 85.0 Å². The van der Waals surface area contributed by atoms with E-state index in [1.807, 2.05) is 69.3 Å². The molecule has 1 aliphatic heterocycles. The van der Waals surface area contributed by atoms with E-state index >= 15 is 0 Å². The van der Waals surface area contributed by atoms with Crippen molar-refractivity contribution in [3.05, 3.63) is 99.6 Å². The van der Waals surface area contributed by atoms with Gasteiger partial charge in [-0.25, -0.2) is 4.68 Å². The van der Waals surface area contributed by atoms with Gasteiger partial charge in [0, 0.05) is 22.2 Å². The van der Waals surface area contributed by atoms with Crippen molar-refractivity contribution in [1.82, 2.24) is 14.8 Å². The Morgan fingerprint density at radius 3 is 2.74 bits per heavy atom. The minimum atomic E-state index is -0.562. The highest BCUT2D eigenvalue weighted by Gasteiger charge is 2.36. The number of rotatable bonds is 6. The summed E-state index contributed by atoms with van der Waals surface area (Å²) in [6, 6.07) is 16.6. The van der Waals surface area contributed by atoms with Crippen LogP contribution >= 0.6 is 23.4 Å². The fourth-order valence-electron chi connectivity index (χ4n) is 4.03. The van der Waals surface area contributed by atoms with Crippen LogP contribution in [0.2, 0.25) is 5.02 Å². The minimum absolute atomic E-state index is 0.225. The second-order valence-electron chi connectivity index (χ2n) is 8.33. The van der Waals surface area contributed by atoms with Gasteiger partial charge in [0.05, 0.1) is 11.8 Å². The number of allylic oxidation sites excluding steroid dienone is 1. The van der Waals surface area contributed by atoms with Crippen molar-refractivity contribution in [2.45, 2.75) is 37.7 Å². The van der Waals surface area contributed by atoms with Gasteiger partial charge in [-0.05, 0) is 61.7 Å². The first-order chi connectivity index (χ1) is 16.9. The van der Waals surface area contributed by atoms with Crippen LogP contribution in [-0.4, -0.2) is 20.7 Å². The van der Waals surface area contributed by atoms with Crippen LogP contribution in [0.4, 0.5) is 11.6 Å². The van der Waals surface area contributed by atoms with Gasteiger partial charge < -0.3 is 15.1 Å². The van der Waals surface area contributed by atoms with Gasteiger partial charge in [-0.3, -0.25) is 4.79 Å². The summed E-state index contributed by atoms with van der Waals surface area (Å²) in [6.45, 7) is 5.88. The van der Waals surface area contributed by atoms with Gasteiger partial charge in [0.2, 0.25) is 11.1 Å². The second kappa shape index (κ2) is 9.64. The number of aromatic nitrogens is 3. The first-order valence-electron chi connectivity index (χ1n) is 11.1. The molecule has 2 aromatic heterocycles. The molecule has 7 nitrogen and oxygen atoms in total. The number of halogens is 1. The molecule has 0 radical (unpaired) electrons. The van der Waals surface area contributed by atoms with Crippen LogP contribution in [0, 0.1) is 13.8 Å². The van der Waals surface area contributed by atoms with Gasteiger partial charge in [0.1, 0.15) is 11.8 Å². The Morgan fingerprint density at radius 1 is 1.14 bits per heavy atom. The van der Waals surface area contributed by atoms with Crippen LogP contribution in [0.1, 0.15) is 35.4 Å². The number of anilines is 2. The zero-order chi connectivity index (χ0) is 24.5. The van der Waals surface area contributed by atoms with E-state index < -0.39 is 6.04 Å². The maximum atomic E-state index is 13.6. The van der Waals surface area contributed by atoms with E-state index in [0.717, 1.165) is 22.4 Å². The number of hydrogen-bond donors (Lipinski definition) is 2. The van der Waals surface area contributed by atoms with E-state index in [4.69, 9.17) is 21.1 Å². The van der Waals surface area contributed by atoms with Crippen molar-refractivity contribution in [3.8, 4) is 0 Å². The van der Waals surface area contributed by atoms with E-state index in [0.29, 0.717) is 38.9 Å². The summed E-state index contributed by atoms with van der Waals surface area (Å²) in [5.41, 5.74) is 5.12. The molecular weight excluding hydrogens is 482 g/mol. The average molecular weight is 506 g/mol. The molecule has 0 saturated carbocycles. The number of amides is 1. The van der Waals surface area contributed by atoms with Crippen molar-refractivity contribution in [2.24, 2.45) is 0 Å². The van der Waals surface area contributed by atoms with E-state index in [9.17, 15) is 4.79 Å². The van der Waals surface area contributed by atoms with Crippen LogP contribution in [-0.2, 0) is 10.5 Å². The van der Waals surface area contributed by atoms with E-state index in [-0.39, 0.29) is 5.91 Å². The van der Waals surface area contributed by atoms with Crippen LogP contribution in [0.25, 0.3) is 0 Å². The lowest BCUT2D eigenvalue weighted by atomic mass is 9.99. The predicted molar refractivity (Wildman–Crippen MR) is 139 cm³/mol. The van der Waals surface area contributed by atoms with Gasteiger partial charge in [-0.1, -0.05) is 53.7 Å². The number of hydrogen-bond acceptors (Lipinski definition) is 6. The fraction of sp³-hybridized carbons (Fsp3) is 0.192. The number of furan rings is 1. The molecule has 1 aliphatic rings. The zero-order valence-corrected chi connectivity index (χ0v) is 21.1. The van der Waals surface area contributed by atoms with Crippen LogP contribution < -0.4 is 10.6 Å². The lowest BCUT2D eigenvalue weighted by molar-refractivity contribution is -0.113. The lowest BCUT2D eigenvalue weighted by Gasteiger charge is -2.27. The van der Waals surface area contributed by atoms with Crippen molar-refractivity contribution >= 4 is 40.9 Å². The largest absolute Gasteiger partial charge is 0.467 e. The number of fused-ring (bicyclic) bond motifs is 1. The van der Waals surface area contributed by atoms with E-state index in [1.165, 1.54) is 11.8 Å². The molecule has 0 aliphatic carbocycles. The monoisotopic (exact) mass is 505 g/mol. The second-order valence-corrected chi connectivity index (χ2v) is 9.68. The summed E-state index contributed by atoms with van der Waals surface area (Å²) in [5.74, 6) is 1.55. The van der Waals surface area contributed by atoms with Crippen LogP contribution in [0.3, 0.4) is 0 Å². The summed E-state index contributed by atoms with van der Waals surface area (Å²) >= 11 is 7.79. The first-order valence-corrected chi connectivity index (χ1v) is 12.5. The molecule has 9 heteroatoms. The third-order valence-electron chi connectivity index (χ3n) is 6.06. The van der Waals surface area contributed by atoms with Crippen molar-refractivity contribution < 1.29 is 9.21 Å². The molecule has 0 spiro atoms. The maximum Gasteiger partial charge on any atom is 0.256 e. The molecule has 1 atom stereocenters. The molecule has 1 amide bonds. The quantitative estimate of drug-likeness (QED) is 0.296. The van der Waals surface area contributed by atoms with Gasteiger partial charge >= 0.3 is 0 Å². The summed E-state index contributed by atoms with van der Waals surface area (Å²) in [5, 5.41) is 12.3. The number of nitrogens with one attached hydrogen (secondary N) is 2. The summed E-state index contributed by atoms with van der Waals surface area (Å²) in [7, 11) is 0. The van der Waals surface area contributed by atoms with Gasteiger partial charge in [-0.2, -0.15) is 4.98 Å². The number of benzene rings is 2. The minimum Gasteiger partial charge on any atom is -0.467 e. The molecule has 2 N–H and O–H groups in total. The molecular formula is C26H24ClN5O2S. The first kappa shape index (κ1) is 23.3. The molecule has 2 aromatic carbocycles. The van der Waals surface area contributed by atoms with Crippen LogP contribution in [0.15, 0.2) is 81.7 Å². The third-order valence-corrected chi connectivity index (χ3v) is 7.31. The summed E-state index contributed by atoms with van der Waals surface area (Å²) in [4.78, 5) is 18.2. The highest BCUT2D eigenvalue weighted by Crippen LogP contribution is 2.37. The number of carbonyl (C=O) groups excluding carboxylic acids is 1. The molecule has 35 heavy (non-hydrogen) atoms. The number of carbonyl (C=O) groups is 1. The van der Waals surface area contributed by atoms with E-state index in [1.54, 1.807) is 17.0 Å². The number of thioether (sulfide) groups is 1. The standard InChI is InChI=1S/C26H24ClN5O2S/c1-15-8-6-11-20(16(15)2)29-24(33)22-17(3)28-25-30-26(35-14-18-9-4-5-10-19(18)27)31-32(25)23(22)21-12-7-13-34-21/h4-13,23H,14H2,1-3H3,(H,29,33)(H,28,30,31). The van der Waals surface area contributed by atoms with Gasteiger partial charge in [0.15, 0.2) is 0 Å². The normalized spacial score (nSPS) is 15.0.